The van der Waals surface area contributed by atoms with Crippen molar-refractivity contribution >= 4 is 29.6 Å². The van der Waals surface area contributed by atoms with E-state index in [1.165, 1.54) is 7.11 Å². The number of anilines is 1. The average Bonchev–Trinajstić information content (AvgIpc) is 3.75. The standard InChI is InChI=1S/C48H42N2O11/c1-57-27-28-60-47(56)49-38-24-17-31(14-13-30-15-20-35(58-2)21-16-30)29-37(38)48(46(49)55)39(44(52)53)41-45(54)61-42(33-11-7-4-8-12-33)40(32-9-5-3-6-10-32)50(41)43(48)34-18-22-36(23-19-34)59-26-25-51/h3-12,15-24,29,39-43,51H,25-28H2,1-2H3,(H,52,53)/t39-,40-,41-,42+,43+,48-/m0/s1. The molecule has 3 aliphatic heterocycles. The molecule has 1 spiro atoms. The second-order valence-electron chi connectivity index (χ2n) is 14.7. The first-order valence-corrected chi connectivity index (χ1v) is 19.7. The molecular weight excluding hydrogens is 781 g/mol. The number of aliphatic carboxylic acids is 1. The Bertz CT molecular complexity index is 2490. The van der Waals surface area contributed by atoms with Crippen molar-refractivity contribution in [1.82, 2.24) is 4.90 Å². The predicted octanol–water partition coefficient (Wildman–Crippen LogP) is 6.00. The quantitative estimate of drug-likeness (QED) is 0.0910. The van der Waals surface area contributed by atoms with Gasteiger partial charge in [-0.2, -0.15) is 0 Å². The zero-order valence-corrected chi connectivity index (χ0v) is 33.3. The van der Waals surface area contributed by atoms with Gasteiger partial charge in [0.15, 0.2) is 0 Å². The highest BCUT2D eigenvalue weighted by Crippen LogP contribution is 2.66. The van der Waals surface area contributed by atoms with Gasteiger partial charge in [-0.1, -0.05) is 84.6 Å². The van der Waals surface area contributed by atoms with Crippen molar-refractivity contribution in [2.45, 2.75) is 29.6 Å². The number of imide groups is 1. The molecule has 13 heteroatoms. The Morgan fingerprint density at radius 1 is 0.738 bits per heavy atom. The number of aliphatic hydroxyl groups is 1. The van der Waals surface area contributed by atoms with Gasteiger partial charge in [0, 0.05) is 18.2 Å². The molecule has 13 nitrogen and oxygen atoms in total. The highest BCUT2D eigenvalue weighted by atomic mass is 16.6. The van der Waals surface area contributed by atoms with Crippen LogP contribution in [-0.2, 0) is 34.0 Å². The number of esters is 1. The Morgan fingerprint density at radius 2 is 1.38 bits per heavy atom. The van der Waals surface area contributed by atoms with Gasteiger partial charge in [-0.3, -0.25) is 19.3 Å². The molecule has 5 aromatic carbocycles. The molecule has 2 N–H and O–H groups in total. The number of carboxylic acids is 1. The first kappa shape index (κ1) is 40.8. The number of morpholine rings is 1. The van der Waals surface area contributed by atoms with Gasteiger partial charge in [0.05, 0.1) is 38.1 Å². The summed E-state index contributed by atoms with van der Waals surface area (Å²) in [5, 5.41) is 21.0. The molecule has 0 aromatic heterocycles. The van der Waals surface area contributed by atoms with Crippen molar-refractivity contribution < 1.29 is 53.1 Å². The third-order valence-electron chi connectivity index (χ3n) is 11.4. The number of carboxylic acid groups (broad SMARTS) is 1. The first-order chi connectivity index (χ1) is 29.7. The summed E-state index contributed by atoms with van der Waals surface area (Å²) < 4.78 is 28.0. The lowest BCUT2D eigenvalue weighted by atomic mass is 9.65. The largest absolute Gasteiger partial charge is 0.497 e. The zero-order chi connectivity index (χ0) is 42.7. The van der Waals surface area contributed by atoms with Gasteiger partial charge in [0.1, 0.15) is 48.2 Å². The van der Waals surface area contributed by atoms with Gasteiger partial charge in [-0.05, 0) is 76.9 Å². The summed E-state index contributed by atoms with van der Waals surface area (Å²) in [5.74, 6) is 2.35. The van der Waals surface area contributed by atoms with Crippen LogP contribution in [0.1, 0.15) is 51.6 Å². The molecule has 3 heterocycles. The van der Waals surface area contributed by atoms with E-state index in [-0.39, 0.29) is 37.7 Å². The van der Waals surface area contributed by atoms with Crippen molar-refractivity contribution in [3.8, 4) is 23.3 Å². The maximum Gasteiger partial charge on any atom is 0.421 e. The lowest BCUT2D eigenvalue weighted by molar-refractivity contribution is -0.179. The Morgan fingerprint density at radius 3 is 2.02 bits per heavy atom. The lowest BCUT2D eigenvalue weighted by Crippen LogP contribution is -2.53. The van der Waals surface area contributed by atoms with Gasteiger partial charge in [0.2, 0.25) is 5.91 Å². The Hall–Kier alpha value is -6.98. The summed E-state index contributed by atoms with van der Waals surface area (Å²) in [6.45, 7) is -0.354. The van der Waals surface area contributed by atoms with Gasteiger partial charge in [-0.15, -0.1) is 0 Å². The molecule has 2 saturated heterocycles. The third kappa shape index (κ3) is 7.24. The van der Waals surface area contributed by atoms with Crippen LogP contribution in [0.3, 0.4) is 0 Å². The molecule has 0 aliphatic carbocycles. The summed E-state index contributed by atoms with van der Waals surface area (Å²) >= 11 is 0. The van der Waals surface area contributed by atoms with Crippen LogP contribution >= 0.6 is 0 Å². The number of hydrogen-bond acceptors (Lipinski definition) is 11. The predicted molar refractivity (Wildman–Crippen MR) is 221 cm³/mol. The average molecular weight is 823 g/mol. The number of cyclic esters (lactones) is 1. The van der Waals surface area contributed by atoms with Gasteiger partial charge in [0.25, 0.3) is 0 Å². The third-order valence-corrected chi connectivity index (χ3v) is 11.4. The van der Waals surface area contributed by atoms with Crippen molar-refractivity contribution in [2.24, 2.45) is 5.92 Å². The fourth-order valence-corrected chi connectivity index (χ4v) is 8.95. The Balaban J connectivity index is 1.41. The molecule has 0 radical (unpaired) electrons. The second-order valence-corrected chi connectivity index (χ2v) is 14.7. The number of benzene rings is 5. The van der Waals surface area contributed by atoms with Crippen LogP contribution in [0, 0.1) is 17.8 Å². The maximum atomic E-state index is 15.8. The van der Waals surface area contributed by atoms with Crippen LogP contribution in [0.4, 0.5) is 10.5 Å². The maximum absolute atomic E-state index is 15.8. The fourth-order valence-electron chi connectivity index (χ4n) is 8.95. The van der Waals surface area contributed by atoms with Gasteiger partial charge < -0.3 is 33.9 Å². The number of nitrogens with zero attached hydrogens (tertiary/aromatic N) is 2. The van der Waals surface area contributed by atoms with E-state index in [0.29, 0.717) is 39.3 Å². The summed E-state index contributed by atoms with van der Waals surface area (Å²) in [6, 6.07) is 33.5. The summed E-state index contributed by atoms with van der Waals surface area (Å²) in [7, 11) is 3.00. The molecule has 0 bridgehead atoms. The molecule has 8 rings (SSSR count). The fraction of sp³-hybridized carbons (Fsp3) is 0.250. The van der Waals surface area contributed by atoms with Crippen LogP contribution in [-0.4, -0.2) is 85.7 Å². The molecule has 0 unspecified atom stereocenters. The molecule has 2 fully saturated rings. The number of rotatable bonds is 11. The van der Waals surface area contributed by atoms with Crippen molar-refractivity contribution in [1.29, 1.82) is 0 Å². The van der Waals surface area contributed by atoms with Crippen molar-refractivity contribution in [3.63, 3.8) is 0 Å². The number of hydrogen-bond donors (Lipinski definition) is 2. The molecule has 0 saturated carbocycles. The van der Waals surface area contributed by atoms with Gasteiger partial charge in [-0.25, -0.2) is 9.69 Å². The van der Waals surface area contributed by atoms with Crippen molar-refractivity contribution in [2.75, 3.05) is 45.5 Å². The summed E-state index contributed by atoms with van der Waals surface area (Å²) in [4.78, 5) is 61.6. The minimum absolute atomic E-state index is 0.0228. The number of fused-ring (bicyclic) bond motifs is 3. The minimum atomic E-state index is -2.16. The van der Waals surface area contributed by atoms with Crippen LogP contribution in [0.2, 0.25) is 0 Å². The lowest BCUT2D eigenvalue weighted by Gasteiger charge is -2.46. The molecule has 6 atom stereocenters. The molecule has 61 heavy (non-hydrogen) atoms. The highest BCUT2D eigenvalue weighted by Gasteiger charge is 2.76. The number of aliphatic hydroxyl groups excluding tert-OH is 1. The Kier molecular flexibility index (Phi) is 11.6. The van der Waals surface area contributed by atoms with Crippen LogP contribution in [0.25, 0.3) is 0 Å². The van der Waals surface area contributed by atoms with Crippen LogP contribution in [0.15, 0.2) is 127 Å². The highest BCUT2D eigenvalue weighted by molar-refractivity contribution is 6.23. The zero-order valence-electron chi connectivity index (χ0n) is 33.3. The number of carbonyl (C=O) groups excluding carboxylic acids is 3. The van der Waals surface area contributed by atoms with Crippen LogP contribution in [0.5, 0.6) is 11.5 Å². The van der Waals surface area contributed by atoms with E-state index in [1.54, 1.807) is 78.7 Å². The Labute approximate surface area is 352 Å². The number of carbonyl (C=O) groups is 4. The van der Waals surface area contributed by atoms with E-state index in [2.05, 4.69) is 11.8 Å². The topological polar surface area (TPSA) is 161 Å². The number of ether oxygens (including phenoxy) is 5. The normalized spacial score (nSPS) is 22.7. The second kappa shape index (κ2) is 17.3. The van der Waals surface area contributed by atoms with E-state index in [0.717, 1.165) is 4.90 Å². The molecule has 5 aromatic rings. The van der Waals surface area contributed by atoms with Gasteiger partial charge >= 0.3 is 18.0 Å². The molecule has 2 amide bonds. The van der Waals surface area contributed by atoms with E-state index in [1.807, 2.05) is 60.7 Å². The first-order valence-electron chi connectivity index (χ1n) is 19.7. The molecular formula is C48H42N2O11. The summed E-state index contributed by atoms with van der Waals surface area (Å²) in [5.41, 5.74) is 0.992. The van der Waals surface area contributed by atoms with E-state index >= 15 is 4.79 Å². The molecule has 3 aliphatic rings. The monoisotopic (exact) mass is 822 g/mol. The minimum Gasteiger partial charge on any atom is -0.497 e. The molecule has 310 valence electrons. The van der Waals surface area contributed by atoms with E-state index in [4.69, 9.17) is 23.7 Å². The van der Waals surface area contributed by atoms with Crippen molar-refractivity contribution in [3.05, 3.63) is 161 Å². The number of methoxy groups -OCH3 is 2. The van der Waals surface area contributed by atoms with E-state index in [9.17, 15) is 24.6 Å². The van der Waals surface area contributed by atoms with E-state index < -0.39 is 59.5 Å². The smallest absolute Gasteiger partial charge is 0.421 e. The SMILES string of the molecule is COCCOC(=O)N1C(=O)[C@@]2(c3cc(C#Cc4ccc(OC)cc4)ccc31)[C@H](C(=O)O)[C@H]1C(=O)O[C@H](c3ccccc3)[C@H](c3ccccc3)N1[C@@H]2c1ccc(OCCO)cc1. The number of amides is 2. The van der Waals surface area contributed by atoms with Crippen LogP contribution < -0.4 is 14.4 Å². The summed E-state index contributed by atoms with van der Waals surface area (Å²) in [6.07, 6.45) is -1.98.